The number of amides is 1. The van der Waals surface area contributed by atoms with Crippen LogP contribution in [0, 0.1) is 6.92 Å². The van der Waals surface area contributed by atoms with Gasteiger partial charge in [-0.05, 0) is 35.0 Å². The molecule has 0 aliphatic carbocycles. The maximum atomic E-state index is 11.6. The molecule has 8 heteroatoms. The normalized spacial score (nSPS) is 10.3. The molecule has 0 saturated carbocycles. The van der Waals surface area contributed by atoms with Gasteiger partial charge in [0.25, 0.3) is 0 Å². The topological polar surface area (TPSA) is 81.9 Å². The van der Waals surface area contributed by atoms with E-state index in [1.807, 2.05) is 25.1 Å². The average molecular weight is 319 g/mol. The van der Waals surface area contributed by atoms with Crippen molar-refractivity contribution in [3.05, 3.63) is 36.4 Å². The molecule has 0 unspecified atom stereocenters. The van der Waals surface area contributed by atoms with Crippen LogP contribution in [0.3, 0.4) is 0 Å². The quantitative estimate of drug-likeness (QED) is 0.613. The van der Waals surface area contributed by atoms with Crippen molar-refractivity contribution < 1.29 is 9.53 Å². The average Bonchev–Trinajstić information content (AvgIpc) is 2.99. The Hall–Kier alpha value is -2.35. The van der Waals surface area contributed by atoms with E-state index in [0.29, 0.717) is 17.5 Å². The first-order valence-corrected chi connectivity index (χ1v) is 7.58. The minimum atomic E-state index is -0.101. The fraction of sp³-hybridized carbons (Fsp3) is 0.286. The first kappa shape index (κ1) is 16.0. The zero-order valence-corrected chi connectivity index (χ0v) is 13.3. The summed E-state index contributed by atoms with van der Waals surface area (Å²) in [7, 11) is 1.59. The summed E-state index contributed by atoms with van der Waals surface area (Å²) in [6, 6.07) is 5.73. The van der Waals surface area contributed by atoms with Gasteiger partial charge in [0.1, 0.15) is 11.4 Å². The number of tetrazole rings is 1. The molecule has 1 amide bonds. The van der Waals surface area contributed by atoms with Gasteiger partial charge in [0, 0.05) is 6.54 Å². The number of aryl methyl sites for hydroxylation is 1. The zero-order chi connectivity index (χ0) is 15.9. The fourth-order valence-electron chi connectivity index (χ4n) is 1.75. The smallest absolute Gasteiger partial charge is 0.230 e. The second kappa shape index (κ2) is 7.60. The number of carbonyl (C=O) groups excluding carboxylic acids is 1. The summed E-state index contributed by atoms with van der Waals surface area (Å²) >= 11 is 1.26. The molecule has 0 radical (unpaired) electrons. The summed E-state index contributed by atoms with van der Waals surface area (Å²) in [5.74, 6) is 0.786. The molecule has 7 nitrogen and oxygen atoms in total. The van der Waals surface area contributed by atoms with Crippen molar-refractivity contribution in [3.63, 3.8) is 0 Å². The van der Waals surface area contributed by atoms with E-state index in [0.717, 1.165) is 11.3 Å². The Morgan fingerprint density at radius 1 is 1.55 bits per heavy atom. The monoisotopic (exact) mass is 319 g/mol. The van der Waals surface area contributed by atoms with Gasteiger partial charge >= 0.3 is 0 Å². The lowest BCUT2D eigenvalue weighted by Crippen LogP contribution is -2.25. The number of benzene rings is 1. The van der Waals surface area contributed by atoms with Crippen molar-refractivity contribution in [2.45, 2.75) is 12.1 Å². The number of carbonyl (C=O) groups is 1. The van der Waals surface area contributed by atoms with E-state index in [9.17, 15) is 4.79 Å². The Bertz CT molecular complexity index is 671. The molecule has 1 N–H and O–H groups in total. The second-order valence-corrected chi connectivity index (χ2v) is 5.37. The minimum Gasteiger partial charge on any atom is -0.494 e. The maximum absolute atomic E-state index is 11.6. The van der Waals surface area contributed by atoms with Gasteiger partial charge in [0.2, 0.25) is 11.1 Å². The largest absolute Gasteiger partial charge is 0.494 e. The fourth-order valence-corrected chi connectivity index (χ4v) is 2.47. The maximum Gasteiger partial charge on any atom is 0.230 e. The summed E-state index contributed by atoms with van der Waals surface area (Å²) in [6.45, 7) is 5.97. The summed E-state index contributed by atoms with van der Waals surface area (Å²) < 4.78 is 6.91. The third-order valence-corrected chi connectivity index (χ3v) is 3.70. The van der Waals surface area contributed by atoms with Crippen LogP contribution in [0.4, 0.5) is 0 Å². The second-order valence-electron chi connectivity index (χ2n) is 4.43. The lowest BCUT2D eigenvalue weighted by molar-refractivity contribution is -0.118. The van der Waals surface area contributed by atoms with Crippen LogP contribution in [0.15, 0.2) is 36.0 Å². The number of rotatable bonds is 7. The number of methoxy groups -OCH3 is 1. The molecule has 1 heterocycles. The van der Waals surface area contributed by atoms with Crippen molar-refractivity contribution in [3.8, 4) is 11.4 Å². The SMILES string of the molecule is C=CCNC(=O)CSc1nnnn1-c1cc(C)ccc1OC. The third kappa shape index (κ3) is 3.85. The predicted molar refractivity (Wildman–Crippen MR) is 84.4 cm³/mol. The van der Waals surface area contributed by atoms with Gasteiger partial charge in [0.05, 0.1) is 12.9 Å². The lowest BCUT2D eigenvalue weighted by atomic mass is 10.2. The number of aromatic nitrogens is 4. The van der Waals surface area contributed by atoms with Crippen LogP contribution in [-0.4, -0.2) is 45.5 Å². The third-order valence-electron chi connectivity index (χ3n) is 2.78. The molecule has 0 atom stereocenters. The molecule has 22 heavy (non-hydrogen) atoms. The summed E-state index contributed by atoms with van der Waals surface area (Å²) in [4.78, 5) is 11.6. The Balaban J connectivity index is 2.17. The first-order valence-electron chi connectivity index (χ1n) is 6.59. The molecule has 2 rings (SSSR count). The summed E-state index contributed by atoms with van der Waals surface area (Å²) in [6.07, 6.45) is 1.63. The van der Waals surface area contributed by atoms with Crippen molar-refractivity contribution in [2.24, 2.45) is 0 Å². The summed E-state index contributed by atoms with van der Waals surface area (Å²) in [5.41, 5.74) is 1.80. The standard InChI is InChI=1S/C14H17N5O2S/c1-4-7-15-13(20)9-22-14-16-17-18-19(14)11-8-10(2)5-6-12(11)21-3/h4-6,8H,1,7,9H2,2-3H3,(H,15,20). The van der Waals surface area contributed by atoms with E-state index in [1.54, 1.807) is 17.9 Å². The van der Waals surface area contributed by atoms with E-state index in [-0.39, 0.29) is 11.7 Å². The number of hydrogen-bond acceptors (Lipinski definition) is 6. The molecular formula is C14H17N5O2S. The molecule has 0 spiro atoms. The molecule has 1 aromatic carbocycles. The van der Waals surface area contributed by atoms with Gasteiger partial charge in [-0.15, -0.1) is 11.7 Å². The van der Waals surface area contributed by atoms with E-state index < -0.39 is 0 Å². The zero-order valence-electron chi connectivity index (χ0n) is 12.4. The van der Waals surface area contributed by atoms with Gasteiger partial charge in [-0.3, -0.25) is 4.79 Å². The van der Waals surface area contributed by atoms with Gasteiger partial charge in [-0.1, -0.05) is 23.9 Å². The van der Waals surface area contributed by atoms with Crippen LogP contribution in [0.2, 0.25) is 0 Å². The number of ether oxygens (including phenoxy) is 1. The van der Waals surface area contributed by atoms with E-state index in [1.165, 1.54) is 11.8 Å². The highest BCUT2D eigenvalue weighted by Gasteiger charge is 2.14. The Morgan fingerprint density at radius 3 is 3.09 bits per heavy atom. The molecule has 116 valence electrons. The Kier molecular flexibility index (Phi) is 5.54. The molecule has 0 fully saturated rings. The van der Waals surface area contributed by atoms with Crippen molar-refractivity contribution in [2.75, 3.05) is 19.4 Å². The number of hydrogen-bond donors (Lipinski definition) is 1. The number of nitrogens with zero attached hydrogens (tertiary/aromatic N) is 4. The molecule has 0 aliphatic heterocycles. The van der Waals surface area contributed by atoms with Crippen molar-refractivity contribution in [1.29, 1.82) is 0 Å². The van der Waals surface area contributed by atoms with Crippen LogP contribution in [-0.2, 0) is 4.79 Å². The number of thioether (sulfide) groups is 1. The van der Waals surface area contributed by atoms with Crippen LogP contribution in [0.5, 0.6) is 5.75 Å². The first-order chi connectivity index (χ1) is 10.7. The molecule has 0 aliphatic rings. The molecule has 2 aromatic rings. The molecular weight excluding hydrogens is 302 g/mol. The van der Waals surface area contributed by atoms with E-state index in [2.05, 4.69) is 27.4 Å². The van der Waals surface area contributed by atoms with Crippen molar-refractivity contribution in [1.82, 2.24) is 25.5 Å². The van der Waals surface area contributed by atoms with Gasteiger partial charge < -0.3 is 10.1 Å². The van der Waals surface area contributed by atoms with Crippen LogP contribution in [0.1, 0.15) is 5.56 Å². The molecule has 1 aromatic heterocycles. The Morgan fingerprint density at radius 2 is 2.36 bits per heavy atom. The summed E-state index contributed by atoms with van der Waals surface area (Å²) in [5, 5.41) is 14.9. The minimum absolute atomic E-state index is 0.101. The van der Waals surface area contributed by atoms with E-state index >= 15 is 0 Å². The highest BCUT2D eigenvalue weighted by Crippen LogP contribution is 2.26. The van der Waals surface area contributed by atoms with Crippen LogP contribution < -0.4 is 10.1 Å². The highest BCUT2D eigenvalue weighted by atomic mass is 32.2. The van der Waals surface area contributed by atoms with Crippen molar-refractivity contribution >= 4 is 17.7 Å². The highest BCUT2D eigenvalue weighted by molar-refractivity contribution is 7.99. The molecule has 0 saturated heterocycles. The van der Waals surface area contributed by atoms with Gasteiger partial charge in [-0.2, -0.15) is 4.68 Å². The predicted octanol–water partition coefficient (Wildman–Crippen LogP) is 1.37. The van der Waals surface area contributed by atoms with E-state index in [4.69, 9.17) is 4.74 Å². The number of nitrogens with one attached hydrogen (secondary N) is 1. The van der Waals surface area contributed by atoms with Gasteiger partial charge in [-0.25, -0.2) is 0 Å². The lowest BCUT2D eigenvalue weighted by Gasteiger charge is -2.10. The van der Waals surface area contributed by atoms with Gasteiger partial charge in [0.15, 0.2) is 0 Å². The van der Waals surface area contributed by atoms with Crippen LogP contribution >= 0.6 is 11.8 Å². The van der Waals surface area contributed by atoms with Crippen LogP contribution in [0.25, 0.3) is 5.69 Å². The Labute approximate surface area is 132 Å². The molecule has 0 bridgehead atoms.